The van der Waals surface area contributed by atoms with Crippen molar-refractivity contribution in [2.24, 2.45) is 0 Å². The summed E-state index contributed by atoms with van der Waals surface area (Å²) in [4.78, 5) is 43.4. The topological polar surface area (TPSA) is 81.8 Å². The second kappa shape index (κ2) is 10.3. The van der Waals surface area contributed by atoms with E-state index in [0.29, 0.717) is 35.6 Å². The molecule has 7 nitrogen and oxygen atoms in total. The maximum atomic E-state index is 13.8. The third-order valence-electron chi connectivity index (χ3n) is 6.59. The Hall–Kier alpha value is -4.04. The summed E-state index contributed by atoms with van der Waals surface area (Å²) >= 11 is 0. The molecule has 0 aliphatic carbocycles. The Balaban J connectivity index is 1.58. The predicted octanol–water partition coefficient (Wildman–Crippen LogP) is 3.99. The van der Waals surface area contributed by atoms with Gasteiger partial charge in [0.25, 0.3) is 11.8 Å². The molecule has 3 amide bonds. The summed E-state index contributed by atoms with van der Waals surface area (Å²) in [5.74, 6) is -1.18. The van der Waals surface area contributed by atoms with Crippen molar-refractivity contribution in [3.63, 3.8) is 0 Å². The van der Waals surface area contributed by atoms with Crippen LogP contribution in [0.5, 0.6) is 0 Å². The minimum Gasteiger partial charge on any atom is -0.337 e. The average molecular weight is 487 g/mol. The van der Waals surface area contributed by atoms with Gasteiger partial charge in [0.05, 0.1) is 23.8 Å². The van der Waals surface area contributed by atoms with Gasteiger partial charge in [0, 0.05) is 30.8 Å². The normalized spacial score (nSPS) is 18.0. The first-order valence-corrected chi connectivity index (χ1v) is 12.1. The molecule has 3 aromatic rings. The van der Waals surface area contributed by atoms with Crippen molar-refractivity contribution in [2.45, 2.75) is 18.9 Å². The van der Waals surface area contributed by atoms with Gasteiger partial charge in [-0.25, -0.2) is 4.39 Å². The average Bonchev–Trinajstić information content (AvgIpc) is 3.26. The van der Waals surface area contributed by atoms with E-state index < -0.39 is 11.9 Å². The molecule has 0 spiro atoms. The highest BCUT2D eigenvalue weighted by molar-refractivity contribution is 6.12. The molecule has 2 heterocycles. The van der Waals surface area contributed by atoms with E-state index >= 15 is 0 Å². The third kappa shape index (κ3) is 4.85. The van der Waals surface area contributed by atoms with Crippen molar-refractivity contribution in [3.05, 3.63) is 95.3 Å². The summed E-state index contributed by atoms with van der Waals surface area (Å²) in [7, 11) is 0. The van der Waals surface area contributed by atoms with E-state index in [-0.39, 0.29) is 24.1 Å². The largest absolute Gasteiger partial charge is 0.337 e. The van der Waals surface area contributed by atoms with Crippen LogP contribution in [0.4, 0.5) is 15.8 Å². The first kappa shape index (κ1) is 23.7. The van der Waals surface area contributed by atoms with Gasteiger partial charge in [0.15, 0.2) is 0 Å². The molecule has 2 aliphatic heterocycles. The number of rotatable bonds is 3. The van der Waals surface area contributed by atoms with Crippen LogP contribution in [0.1, 0.15) is 45.2 Å². The van der Waals surface area contributed by atoms with Gasteiger partial charge in [-0.2, -0.15) is 0 Å². The summed E-state index contributed by atoms with van der Waals surface area (Å²) in [6.07, 6.45) is 0.902. The number of benzene rings is 3. The second-order valence-corrected chi connectivity index (χ2v) is 8.99. The standard InChI is InChI=1S/C28H27FN4O3/c29-22-10-7-20(8-11-22)28(36)33-24-12-9-21(27(35)32-15-4-13-30-14-16-32)17-23(24)31-26(34)18-25(33)19-5-2-1-3-6-19/h1-3,5-12,17,25,30H,4,13-16,18H2,(H,31,34). The van der Waals surface area contributed by atoms with E-state index in [1.807, 2.05) is 30.3 Å². The molecule has 0 saturated carbocycles. The van der Waals surface area contributed by atoms with Crippen molar-refractivity contribution in [3.8, 4) is 0 Å². The van der Waals surface area contributed by atoms with Crippen LogP contribution in [0.2, 0.25) is 0 Å². The monoisotopic (exact) mass is 486 g/mol. The molecule has 0 radical (unpaired) electrons. The van der Waals surface area contributed by atoms with Gasteiger partial charge < -0.3 is 15.5 Å². The fraction of sp³-hybridized carbons (Fsp3) is 0.250. The van der Waals surface area contributed by atoms with Crippen molar-refractivity contribution in [1.29, 1.82) is 0 Å². The fourth-order valence-corrected chi connectivity index (χ4v) is 4.77. The maximum Gasteiger partial charge on any atom is 0.258 e. The van der Waals surface area contributed by atoms with E-state index in [1.54, 1.807) is 28.0 Å². The Labute approximate surface area is 208 Å². The molecule has 2 aliphatic rings. The summed E-state index contributed by atoms with van der Waals surface area (Å²) in [6.45, 7) is 2.85. The fourth-order valence-electron chi connectivity index (χ4n) is 4.77. The van der Waals surface area contributed by atoms with Gasteiger partial charge in [-0.3, -0.25) is 19.3 Å². The number of nitrogens with one attached hydrogen (secondary N) is 2. The number of fused-ring (bicyclic) bond motifs is 1. The number of anilines is 2. The number of amides is 3. The van der Waals surface area contributed by atoms with Gasteiger partial charge in [0.1, 0.15) is 5.82 Å². The first-order chi connectivity index (χ1) is 17.5. The number of nitrogens with zero attached hydrogens (tertiary/aromatic N) is 2. The van der Waals surface area contributed by atoms with Gasteiger partial charge in [0.2, 0.25) is 5.91 Å². The Kier molecular flexibility index (Phi) is 6.77. The zero-order valence-electron chi connectivity index (χ0n) is 19.7. The van der Waals surface area contributed by atoms with Gasteiger partial charge in [-0.15, -0.1) is 0 Å². The maximum absolute atomic E-state index is 13.8. The zero-order chi connectivity index (χ0) is 25.1. The van der Waals surface area contributed by atoms with Crippen LogP contribution in [0, 0.1) is 5.82 Å². The molecule has 3 aromatic carbocycles. The quantitative estimate of drug-likeness (QED) is 0.587. The van der Waals surface area contributed by atoms with Crippen molar-refractivity contribution in [1.82, 2.24) is 10.2 Å². The van der Waals surface area contributed by atoms with Gasteiger partial charge in [-0.05, 0) is 61.0 Å². The summed E-state index contributed by atoms with van der Waals surface area (Å²) < 4.78 is 13.6. The van der Waals surface area contributed by atoms with Gasteiger partial charge in [-0.1, -0.05) is 30.3 Å². The van der Waals surface area contributed by atoms with E-state index in [1.165, 1.54) is 24.3 Å². The van der Waals surface area contributed by atoms with E-state index in [9.17, 15) is 18.8 Å². The lowest BCUT2D eigenvalue weighted by Gasteiger charge is -2.31. The molecule has 0 aromatic heterocycles. The van der Waals surface area contributed by atoms with Crippen LogP contribution in [-0.2, 0) is 4.79 Å². The van der Waals surface area contributed by atoms with Crippen molar-refractivity contribution >= 4 is 29.1 Å². The van der Waals surface area contributed by atoms with Crippen LogP contribution >= 0.6 is 0 Å². The molecule has 0 bridgehead atoms. The van der Waals surface area contributed by atoms with Crippen LogP contribution in [-0.4, -0.2) is 48.8 Å². The smallest absolute Gasteiger partial charge is 0.258 e. The molecule has 1 saturated heterocycles. The molecular weight excluding hydrogens is 459 g/mol. The Morgan fingerprint density at radius 1 is 0.861 bits per heavy atom. The third-order valence-corrected chi connectivity index (χ3v) is 6.59. The summed E-state index contributed by atoms with van der Waals surface area (Å²) in [5, 5.41) is 6.19. The van der Waals surface area contributed by atoms with Crippen LogP contribution in [0.3, 0.4) is 0 Å². The molecule has 1 fully saturated rings. The molecule has 36 heavy (non-hydrogen) atoms. The summed E-state index contributed by atoms with van der Waals surface area (Å²) in [6, 6.07) is 19.2. The molecule has 2 N–H and O–H groups in total. The molecular formula is C28H27FN4O3. The lowest BCUT2D eigenvalue weighted by atomic mass is 10.00. The van der Waals surface area contributed by atoms with E-state index in [2.05, 4.69) is 10.6 Å². The Bertz CT molecular complexity index is 1270. The predicted molar refractivity (Wildman–Crippen MR) is 135 cm³/mol. The zero-order valence-corrected chi connectivity index (χ0v) is 19.7. The Morgan fingerprint density at radius 2 is 1.61 bits per heavy atom. The molecule has 8 heteroatoms. The summed E-state index contributed by atoms with van der Waals surface area (Å²) in [5.41, 5.74) is 2.43. The van der Waals surface area contributed by atoms with Crippen LogP contribution < -0.4 is 15.5 Å². The minimum atomic E-state index is -0.580. The van der Waals surface area contributed by atoms with Crippen LogP contribution in [0.15, 0.2) is 72.8 Å². The SMILES string of the molecule is O=C1CC(c2ccccc2)N(C(=O)c2ccc(F)cc2)c2ccc(C(=O)N3CCCNCC3)cc2N1. The molecule has 1 atom stereocenters. The molecule has 184 valence electrons. The second-order valence-electron chi connectivity index (χ2n) is 8.99. The number of hydrogen-bond donors (Lipinski definition) is 2. The number of carbonyl (C=O) groups excluding carboxylic acids is 3. The highest BCUT2D eigenvalue weighted by Gasteiger charge is 2.34. The Morgan fingerprint density at radius 3 is 2.39 bits per heavy atom. The van der Waals surface area contributed by atoms with Crippen molar-refractivity contribution in [2.75, 3.05) is 36.4 Å². The highest BCUT2D eigenvalue weighted by atomic mass is 19.1. The van der Waals surface area contributed by atoms with E-state index in [4.69, 9.17) is 0 Å². The number of halogens is 1. The lowest BCUT2D eigenvalue weighted by molar-refractivity contribution is -0.116. The lowest BCUT2D eigenvalue weighted by Crippen LogP contribution is -2.35. The molecule has 1 unspecified atom stereocenters. The van der Waals surface area contributed by atoms with Crippen LogP contribution in [0.25, 0.3) is 0 Å². The van der Waals surface area contributed by atoms with Gasteiger partial charge >= 0.3 is 0 Å². The first-order valence-electron chi connectivity index (χ1n) is 12.1. The number of carbonyl (C=O) groups is 3. The molecule has 5 rings (SSSR count). The highest BCUT2D eigenvalue weighted by Crippen LogP contribution is 2.39. The minimum absolute atomic E-state index is 0.0344. The van der Waals surface area contributed by atoms with Crippen molar-refractivity contribution < 1.29 is 18.8 Å². The van der Waals surface area contributed by atoms with E-state index in [0.717, 1.165) is 25.1 Å². The number of hydrogen-bond acceptors (Lipinski definition) is 4.